The van der Waals surface area contributed by atoms with Crippen LogP contribution in [0, 0.1) is 13.8 Å². The zero-order valence-electron chi connectivity index (χ0n) is 10.8. The van der Waals surface area contributed by atoms with Crippen LogP contribution >= 0.6 is 0 Å². The molecule has 1 aromatic carbocycles. The maximum absolute atomic E-state index is 5.70. The number of nitrogen functional groups attached to an aromatic ring is 2. The van der Waals surface area contributed by atoms with E-state index < -0.39 is 0 Å². The highest BCUT2D eigenvalue weighted by Gasteiger charge is 2.09. The first-order valence-corrected chi connectivity index (χ1v) is 5.89. The number of hydrogen-bond donors (Lipinski definition) is 2. The van der Waals surface area contributed by atoms with Gasteiger partial charge in [0.05, 0.1) is 11.0 Å². The van der Waals surface area contributed by atoms with Crippen molar-refractivity contribution in [2.24, 2.45) is 0 Å². The summed E-state index contributed by atoms with van der Waals surface area (Å²) in [5, 5.41) is 0. The predicted molar refractivity (Wildman–Crippen MR) is 75.0 cm³/mol. The van der Waals surface area contributed by atoms with Crippen molar-refractivity contribution >= 4 is 22.8 Å². The first-order chi connectivity index (χ1) is 9.04. The zero-order valence-corrected chi connectivity index (χ0v) is 10.8. The summed E-state index contributed by atoms with van der Waals surface area (Å²) < 4.78 is 1.86. The Labute approximate surface area is 110 Å². The van der Waals surface area contributed by atoms with E-state index in [1.807, 2.05) is 4.57 Å². The Bertz CT molecular complexity index is 754. The maximum atomic E-state index is 5.70. The zero-order chi connectivity index (χ0) is 13.6. The summed E-state index contributed by atoms with van der Waals surface area (Å²) in [6, 6.07) is 5.80. The van der Waals surface area contributed by atoms with Crippen LogP contribution in [0.3, 0.4) is 0 Å². The molecule has 6 heteroatoms. The summed E-state index contributed by atoms with van der Waals surface area (Å²) in [6.45, 7) is 4.13. The van der Waals surface area contributed by atoms with Crippen LogP contribution in [0.5, 0.6) is 0 Å². The Morgan fingerprint density at radius 2 is 1.74 bits per heavy atom. The number of rotatable bonds is 1. The molecule has 96 valence electrons. The summed E-state index contributed by atoms with van der Waals surface area (Å²) in [4.78, 5) is 12.4. The minimum absolute atomic E-state index is 0.153. The third-order valence-electron chi connectivity index (χ3n) is 3.16. The molecular formula is C13H14N6. The largest absolute Gasteiger partial charge is 0.383 e. The molecule has 0 unspecified atom stereocenters. The molecule has 0 radical (unpaired) electrons. The molecule has 0 aliphatic carbocycles. The standard InChI is InChI=1S/C13H14N6/c1-7-3-9-10(4-8(7)2)19(6-16-9)12-5-11(14)17-13(15)18-12/h3-6H,1-2H3,(H4,14,15,17,18). The summed E-state index contributed by atoms with van der Waals surface area (Å²) in [5.74, 6) is 1.12. The van der Waals surface area contributed by atoms with Crippen LogP contribution in [0.1, 0.15) is 11.1 Å². The Kier molecular flexibility index (Phi) is 2.38. The molecular weight excluding hydrogens is 240 g/mol. The summed E-state index contributed by atoms with van der Waals surface area (Å²) in [5.41, 5.74) is 15.6. The number of fused-ring (bicyclic) bond motifs is 1. The van der Waals surface area contributed by atoms with Crippen LogP contribution in [-0.4, -0.2) is 19.5 Å². The van der Waals surface area contributed by atoms with Gasteiger partial charge in [0.25, 0.3) is 0 Å². The molecule has 2 aromatic heterocycles. The third kappa shape index (κ3) is 1.87. The first-order valence-electron chi connectivity index (χ1n) is 5.89. The van der Waals surface area contributed by atoms with Crippen LogP contribution in [-0.2, 0) is 0 Å². The smallest absolute Gasteiger partial charge is 0.223 e. The molecule has 0 amide bonds. The quantitative estimate of drug-likeness (QED) is 0.687. The van der Waals surface area contributed by atoms with Crippen LogP contribution in [0.4, 0.5) is 11.8 Å². The molecule has 0 aliphatic heterocycles. The number of imidazole rings is 1. The lowest BCUT2D eigenvalue weighted by molar-refractivity contribution is 1.01. The minimum atomic E-state index is 0.153. The van der Waals surface area contributed by atoms with Gasteiger partial charge in [-0.25, -0.2) is 4.98 Å². The fourth-order valence-corrected chi connectivity index (χ4v) is 2.04. The van der Waals surface area contributed by atoms with Crippen molar-refractivity contribution in [1.82, 2.24) is 19.5 Å². The van der Waals surface area contributed by atoms with Gasteiger partial charge >= 0.3 is 0 Å². The van der Waals surface area contributed by atoms with E-state index in [4.69, 9.17) is 11.5 Å². The number of nitrogens with zero attached hydrogens (tertiary/aromatic N) is 4. The molecule has 3 rings (SSSR count). The van der Waals surface area contributed by atoms with Crippen LogP contribution in [0.15, 0.2) is 24.5 Å². The Hall–Kier alpha value is -2.63. The van der Waals surface area contributed by atoms with Crippen molar-refractivity contribution in [3.8, 4) is 5.82 Å². The molecule has 0 saturated carbocycles. The van der Waals surface area contributed by atoms with E-state index in [0.29, 0.717) is 11.6 Å². The highest BCUT2D eigenvalue weighted by molar-refractivity contribution is 5.79. The topological polar surface area (TPSA) is 95.6 Å². The molecule has 0 bridgehead atoms. The molecule has 0 aliphatic rings. The lowest BCUT2D eigenvalue weighted by Gasteiger charge is -2.06. The van der Waals surface area contributed by atoms with Gasteiger partial charge < -0.3 is 11.5 Å². The molecule has 19 heavy (non-hydrogen) atoms. The molecule has 6 nitrogen and oxygen atoms in total. The fraction of sp³-hybridized carbons (Fsp3) is 0.154. The van der Waals surface area contributed by atoms with Gasteiger partial charge in [-0.3, -0.25) is 4.57 Å². The van der Waals surface area contributed by atoms with Gasteiger partial charge in [0, 0.05) is 6.07 Å². The number of aryl methyl sites for hydroxylation is 2. The Morgan fingerprint density at radius 1 is 1.00 bits per heavy atom. The first kappa shape index (κ1) is 11.5. The van der Waals surface area contributed by atoms with E-state index in [2.05, 4.69) is 40.9 Å². The molecule has 3 aromatic rings. The maximum Gasteiger partial charge on any atom is 0.223 e. The van der Waals surface area contributed by atoms with Crippen molar-refractivity contribution in [2.45, 2.75) is 13.8 Å². The molecule has 0 spiro atoms. The second kappa shape index (κ2) is 3.94. The van der Waals surface area contributed by atoms with Crippen LogP contribution in [0.2, 0.25) is 0 Å². The van der Waals surface area contributed by atoms with Gasteiger partial charge in [-0.15, -0.1) is 0 Å². The highest BCUT2D eigenvalue weighted by Crippen LogP contribution is 2.21. The van der Waals surface area contributed by atoms with E-state index in [-0.39, 0.29) is 5.95 Å². The van der Waals surface area contributed by atoms with E-state index in [0.717, 1.165) is 11.0 Å². The summed E-state index contributed by atoms with van der Waals surface area (Å²) in [7, 11) is 0. The van der Waals surface area contributed by atoms with Crippen molar-refractivity contribution in [1.29, 1.82) is 0 Å². The van der Waals surface area contributed by atoms with Crippen molar-refractivity contribution in [3.05, 3.63) is 35.7 Å². The normalized spacial score (nSPS) is 11.1. The number of hydrogen-bond acceptors (Lipinski definition) is 5. The number of benzene rings is 1. The molecule has 4 N–H and O–H groups in total. The van der Waals surface area contributed by atoms with Gasteiger partial charge in [0.1, 0.15) is 18.0 Å². The van der Waals surface area contributed by atoms with E-state index in [9.17, 15) is 0 Å². The second-order valence-electron chi connectivity index (χ2n) is 4.55. The van der Waals surface area contributed by atoms with Gasteiger partial charge in [-0.1, -0.05) is 0 Å². The SMILES string of the molecule is Cc1cc2ncn(-c3cc(N)nc(N)n3)c2cc1C. The lowest BCUT2D eigenvalue weighted by Crippen LogP contribution is -2.04. The minimum Gasteiger partial charge on any atom is -0.383 e. The second-order valence-corrected chi connectivity index (χ2v) is 4.55. The van der Waals surface area contributed by atoms with Gasteiger partial charge in [0.15, 0.2) is 0 Å². The van der Waals surface area contributed by atoms with E-state index in [1.165, 1.54) is 11.1 Å². The summed E-state index contributed by atoms with van der Waals surface area (Å²) in [6.07, 6.45) is 1.71. The van der Waals surface area contributed by atoms with Crippen LogP contribution in [0.25, 0.3) is 16.9 Å². The molecule has 0 saturated heterocycles. The fourth-order valence-electron chi connectivity index (χ4n) is 2.04. The van der Waals surface area contributed by atoms with Crippen molar-refractivity contribution in [2.75, 3.05) is 11.5 Å². The predicted octanol–water partition coefficient (Wildman–Crippen LogP) is 1.60. The van der Waals surface area contributed by atoms with Gasteiger partial charge in [-0.05, 0) is 37.1 Å². The van der Waals surface area contributed by atoms with Crippen molar-refractivity contribution in [3.63, 3.8) is 0 Å². The monoisotopic (exact) mass is 254 g/mol. The van der Waals surface area contributed by atoms with E-state index >= 15 is 0 Å². The summed E-state index contributed by atoms with van der Waals surface area (Å²) >= 11 is 0. The van der Waals surface area contributed by atoms with Gasteiger partial charge in [0.2, 0.25) is 5.95 Å². The van der Waals surface area contributed by atoms with E-state index in [1.54, 1.807) is 12.4 Å². The van der Waals surface area contributed by atoms with Gasteiger partial charge in [-0.2, -0.15) is 9.97 Å². The third-order valence-corrected chi connectivity index (χ3v) is 3.16. The van der Waals surface area contributed by atoms with Crippen LogP contribution < -0.4 is 11.5 Å². The number of nitrogens with two attached hydrogens (primary N) is 2. The average molecular weight is 254 g/mol. The Morgan fingerprint density at radius 3 is 2.47 bits per heavy atom. The Balaban J connectivity index is 2.28. The average Bonchev–Trinajstić information content (AvgIpc) is 2.71. The molecule has 0 atom stereocenters. The molecule has 2 heterocycles. The molecule has 0 fully saturated rings. The number of anilines is 2. The van der Waals surface area contributed by atoms with Crippen molar-refractivity contribution < 1.29 is 0 Å². The lowest BCUT2D eigenvalue weighted by atomic mass is 10.1. The number of aromatic nitrogens is 4. The highest BCUT2D eigenvalue weighted by atomic mass is 15.2.